The van der Waals surface area contributed by atoms with E-state index in [4.69, 9.17) is 0 Å². The fourth-order valence-electron chi connectivity index (χ4n) is 5.06. The van der Waals surface area contributed by atoms with E-state index in [1.807, 2.05) is 12.1 Å². The van der Waals surface area contributed by atoms with Crippen LogP contribution in [-0.2, 0) is 12.8 Å². The van der Waals surface area contributed by atoms with Crippen LogP contribution in [0.4, 0.5) is 0 Å². The molecular formula is C28H44Br2N2O4. The molecule has 1 aliphatic heterocycles. The molecule has 0 spiro atoms. The van der Waals surface area contributed by atoms with Crippen LogP contribution in [-0.4, -0.2) is 69.0 Å². The average Bonchev–Trinajstić information content (AvgIpc) is 3.25. The van der Waals surface area contributed by atoms with Gasteiger partial charge in [0.1, 0.15) is 0 Å². The molecule has 0 saturated carbocycles. The van der Waals surface area contributed by atoms with Gasteiger partial charge in [-0.05, 0) is 107 Å². The Bertz CT molecular complexity index is 900. The number of phenolic OH excluding ortho intramolecular Hbond substituents is 4. The number of phenols is 4. The first kappa shape index (κ1) is 32.5. The summed E-state index contributed by atoms with van der Waals surface area (Å²) in [7, 11) is 0. The number of benzene rings is 2. The second-order valence-corrected chi connectivity index (χ2v) is 9.69. The Morgan fingerprint density at radius 1 is 0.778 bits per heavy atom. The van der Waals surface area contributed by atoms with Crippen LogP contribution >= 0.6 is 34.0 Å². The first-order valence-corrected chi connectivity index (χ1v) is 12.9. The maximum Gasteiger partial charge on any atom is 0.157 e. The fraction of sp³-hybridized carbons (Fsp3) is 0.571. The van der Waals surface area contributed by atoms with Crippen LogP contribution in [0, 0.1) is 0 Å². The summed E-state index contributed by atoms with van der Waals surface area (Å²) < 4.78 is 0. The molecule has 204 valence electrons. The maximum atomic E-state index is 9.76. The Hall–Kier alpha value is -1.48. The quantitative estimate of drug-likeness (QED) is 0.147. The third kappa shape index (κ3) is 10.5. The maximum absolute atomic E-state index is 9.76. The van der Waals surface area contributed by atoms with Gasteiger partial charge in [-0.2, -0.15) is 0 Å². The molecule has 0 aliphatic carbocycles. The lowest BCUT2D eigenvalue weighted by atomic mass is 10.0. The molecular weight excluding hydrogens is 588 g/mol. The molecule has 0 aromatic heterocycles. The van der Waals surface area contributed by atoms with Gasteiger partial charge in [-0.3, -0.25) is 0 Å². The molecule has 6 nitrogen and oxygen atoms in total. The first-order valence-electron chi connectivity index (χ1n) is 12.9. The standard InChI is InChI=1S/C28H42N2O4.2BrH/c1-2-14-29(18-13-22-9-11-25(31)27(33)20-22)15-5-3-4-6-16-30-17-7-8-24(30)19-23-10-12-26(32)28(34)21-23;;/h9-12,20-21,24,31-34H,2-8,13-19H2,1H3;2*1H. The Morgan fingerprint density at radius 3 is 2.08 bits per heavy atom. The van der Waals surface area contributed by atoms with E-state index in [1.54, 1.807) is 24.3 Å². The van der Waals surface area contributed by atoms with Gasteiger partial charge in [0.15, 0.2) is 23.0 Å². The van der Waals surface area contributed by atoms with Gasteiger partial charge < -0.3 is 30.2 Å². The molecule has 1 atom stereocenters. The number of aromatic hydroxyl groups is 4. The molecule has 4 N–H and O–H groups in total. The predicted octanol–water partition coefficient (Wildman–Crippen LogP) is 6.19. The van der Waals surface area contributed by atoms with E-state index >= 15 is 0 Å². The smallest absolute Gasteiger partial charge is 0.157 e. The van der Waals surface area contributed by atoms with Crippen molar-refractivity contribution in [3.8, 4) is 23.0 Å². The molecule has 0 amide bonds. The van der Waals surface area contributed by atoms with E-state index in [0.717, 1.165) is 63.1 Å². The summed E-state index contributed by atoms with van der Waals surface area (Å²) in [6, 6.07) is 10.8. The van der Waals surface area contributed by atoms with Gasteiger partial charge in [-0.1, -0.05) is 31.9 Å². The highest BCUT2D eigenvalue weighted by molar-refractivity contribution is 8.93. The molecule has 1 unspecified atom stereocenters. The SMILES string of the molecule is Br.Br.CCCN(CCCCCCN1CCCC1Cc1ccc(O)c(O)c1)CCc1ccc(O)c(O)c1. The highest BCUT2D eigenvalue weighted by Crippen LogP contribution is 2.28. The summed E-state index contributed by atoms with van der Waals surface area (Å²) >= 11 is 0. The Labute approximate surface area is 237 Å². The molecule has 3 rings (SSSR count). The lowest BCUT2D eigenvalue weighted by Crippen LogP contribution is -2.32. The van der Waals surface area contributed by atoms with E-state index < -0.39 is 0 Å². The van der Waals surface area contributed by atoms with Gasteiger partial charge in [0.2, 0.25) is 0 Å². The van der Waals surface area contributed by atoms with Gasteiger partial charge in [0.05, 0.1) is 0 Å². The van der Waals surface area contributed by atoms with Gasteiger partial charge in [-0.15, -0.1) is 34.0 Å². The zero-order chi connectivity index (χ0) is 24.3. The third-order valence-corrected chi connectivity index (χ3v) is 6.98. The highest BCUT2D eigenvalue weighted by Gasteiger charge is 2.24. The number of likely N-dealkylation sites (tertiary alicyclic amines) is 1. The molecule has 36 heavy (non-hydrogen) atoms. The van der Waals surface area contributed by atoms with Gasteiger partial charge in [0, 0.05) is 12.6 Å². The summed E-state index contributed by atoms with van der Waals surface area (Å²) in [6.07, 6.45) is 10.3. The monoisotopic (exact) mass is 630 g/mol. The van der Waals surface area contributed by atoms with Crippen LogP contribution in [0.5, 0.6) is 23.0 Å². The molecule has 1 heterocycles. The first-order chi connectivity index (χ1) is 16.5. The summed E-state index contributed by atoms with van der Waals surface area (Å²) in [6.45, 7) is 7.68. The van der Waals surface area contributed by atoms with Crippen LogP contribution in [0.15, 0.2) is 36.4 Å². The Kier molecular flexibility index (Phi) is 15.5. The van der Waals surface area contributed by atoms with E-state index in [0.29, 0.717) is 6.04 Å². The summed E-state index contributed by atoms with van der Waals surface area (Å²) in [4.78, 5) is 5.10. The fourth-order valence-corrected chi connectivity index (χ4v) is 5.06. The van der Waals surface area contributed by atoms with Crippen molar-refractivity contribution in [2.45, 2.75) is 70.8 Å². The number of nitrogens with zero attached hydrogens (tertiary/aromatic N) is 2. The number of hydrogen-bond acceptors (Lipinski definition) is 6. The summed E-state index contributed by atoms with van der Waals surface area (Å²) in [5, 5.41) is 38.5. The van der Waals surface area contributed by atoms with E-state index in [-0.39, 0.29) is 57.0 Å². The molecule has 1 aliphatic rings. The number of hydrogen-bond donors (Lipinski definition) is 4. The number of rotatable bonds is 14. The van der Waals surface area contributed by atoms with Crippen molar-refractivity contribution >= 4 is 34.0 Å². The second-order valence-electron chi connectivity index (χ2n) is 9.69. The average molecular weight is 632 g/mol. The van der Waals surface area contributed by atoms with E-state index in [1.165, 1.54) is 38.5 Å². The molecule has 2 aromatic rings. The van der Waals surface area contributed by atoms with Crippen LogP contribution in [0.3, 0.4) is 0 Å². The van der Waals surface area contributed by atoms with E-state index in [9.17, 15) is 20.4 Å². The van der Waals surface area contributed by atoms with Crippen LogP contribution in [0.2, 0.25) is 0 Å². The minimum absolute atomic E-state index is 0. The summed E-state index contributed by atoms with van der Waals surface area (Å²) in [5.41, 5.74) is 2.14. The zero-order valence-corrected chi connectivity index (χ0v) is 24.9. The van der Waals surface area contributed by atoms with Crippen molar-refractivity contribution in [1.82, 2.24) is 9.80 Å². The van der Waals surface area contributed by atoms with Gasteiger partial charge in [-0.25, -0.2) is 0 Å². The highest BCUT2D eigenvalue weighted by atomic mass is 79.9. The molecule has 1 saturated heterocycles. The van der Waals surface area contributed by atoms with Crippen LogP contribution < -0.4 is 0 Å². The van der Waals surface area contributed by atoms with Crippen molar-refractivity contribution in [3.05, 3.63) is 47.5 Å². The third-order valence-electron chi connectivity index (χ3n) is 6.98. The second kappa shape index (κ2) is 17.1. The van der Waals surface area contributed by atoms with Crippen molar-refractivity contribution in [3.63, 3.8) is 0 Å². The molecule has 0 bridgehead atoms. The van der Waals surface area contributed by atoms with Crippen molar-refractivity contribution < 1.29 is 20.4 Å². The van der Waals surface area contributed by atoms with Crippen molar-refractivity contribution in [2.75, 3.05) is 32.7 Å². The molecule has 2 aromatic carbocycles. The molecule has 0 radical (unpaired) electrons. The van der Waals surface area contributed by atoms with Crippen LogP contribution in [0.25, 0.3) is 0 Å². The topological polar surface area (TPSA) is 87.4 Å². The largest absolute Gasteiger partial charge is 0.504 e. The van der Waals surface area contributed by atoms with Crippen molar-refractivity contribution in [2.24, 2.45) is 0 Å². The normalized spacial score (nSPS) is 15.6. The number of unbranched alkanes of at least 4 members (excludes halogenated alkanes) is 3. The number of halogens is 2. The summed E-state index contributed by atoms with van der Waals surface area (Å²) in [5.74, 6) is -0.181. The van der Waals surface area contributed by atoms with Gasteiger partial charge in [0.25, 0.3) is 0 Å². The van der Waals surface area contributed by atoms with E-state index in [2.05, 4.69) is 16.7 Å². The predicted molar refractivity (Wildman–Crippen MR) is 157 cm³/mol. The Morgan fingerprint density at radius 2 is 1.42 bits per heavy atom. The zero-order valence-electron chi connectivity index (χ0n) is 21.4. The lowest BCUT2D eigenvalue weighted by Gasteiger charge is -2.25. The molecule has 8 heteroatoms. The lowest BCUT2D eigenvalue weighted by molar-refractivity contribution is 0.242. The Balaban J connectivity index is 0.00000324. The minimum Gasteiger partial charge on any atom is -0.504 e. The molecule has 1 fully saturated rings. The van der Waals surface area contributed by atoms with Crippen LogP contribution in [0.1, 0.15) is 63.0 Å². The van der Waals surface area contributed by atoms with Gasteiger partial charge >= 0.3 is 0 Å². The van der Waals surface area contributed by atoms with Crippen molar-refractivity contribution in [1.29, 1.82) is 0 Å². The minimum atomic E-state index is -0.0610.